The fourth-order valence-electron chi connectivity index (χ4n) is 5.79. The minimum absolute atomic E-state index is 0.0694. The molecule has 2 aromatic carbocycles. The van der Waals surface area contributed by atoms with Crippen LogP contribution in [0, 0.1) is 17.7 Å². The number of benzene rings is 2. The van der Waals surface area contributed by atoms with Gasteiger partial charge in [-0.2, -0.15) is 0 Å². The Kier molecular flexibility index (Phi) is 7.77. The number of aliphatic hydroxyl groups is 1. The van der Waals surface area contributed by atoms with E-state index in [0.29, 0.717) is 51.6 Å². The van der Waals surface area contributed by atoms with Gasteiger partial charge in [-0.3, -0.25) is 14.7 Å². The molecule has 0 radical (unpaired) electrons. The summed E-state index contributed by atoms with van der Waals surface area (Å²) >= 11 is 12.3. The van der Waals surface area contributed by atoms with Gasteiger partial charge in [0.05, 0.1) is 21.1 Å². The number of carbonyl (C=O) groups is 1. The SMILES string of the molecule is O=C(c1ccnc2ccc(F)cc12)N1CCC(N2CCC(Cc3ccc(Cl)c(Cl)c3)[C@H](CO)C2)CC1. The number of pyridine rings is 1. The fourth-order valence-corrected chi connectivity index (χ4v) is 6.12. The lowest BCUT2D eigenvalue weighted by Gasteiger charge is -2.44. The highest BCUT2D eigenvalue weighted by Gasteiger charge is 2.34. The van der Waals surface area contributed by atoms with E-state index < -0.39 is 0 Å². The van der Waals surface area contributed by atoms with Crippen LogP contribution in [0.2, 0.25) is 10.0 Å². The number of carbonyl (C=O) groups excluding carboxylic acids is 1. The molecule has 1 aromatic heterocycles. The van der Waals surface area contributed by atoms with Crippen molar-refractivity contribution in [3.05, 3.63) is 75.7 Å². The minimum Gasteiger partial charge on any atom is -0.396 e. The van der Waals surface area contributed by atoms with Gasteiger partial charge in [0.15, 0.2) is 0 Å². The molecule has 190 valence electrons. The first-order valence-electron chi connectivity index (χ1n) is 12.6. The highest BCUT2D eigenvalue weighted by molar-refractivity contribution is 6.42. The number of nitrogens with zero attached hydrogens (tertiary/aromatic N) is 3. The quantitative estimate of drug-likeness (QED) is 0.476. The number of amides is 1. The van der Waals surface area contributed by atoms with Crippen molar-refractivity contribution in [2.45, 2.75) is 31.7 Å². The number of halogens is 3. The second-order valence-electron chi connectivity index (χ2n) is 9.98. The lowest BCUT2D eigenvalue weighted by Crippen LogP contribution is -2.52. The van der Waals surface area contributed by atoms with E-state index in [1.54, 1.807) is 18.3 Å². The van der Waals surface area contributed by atoms with Gasteiger partial charge in [-0.25, -0.2) is 4.39 Å². The summed E-state index contributed by atoms with van der Waals surface area (Å²) < 4.78 is 13.8. The van der Waals surface area contributed by atoms with Crippen LogP contribution in [0.4, 0.5) is 4.39 Å². The summed E-state index contributed by atoms with van der Waals surface area (Å²) in [6.07, 6.45) is 5.28. The van der Waals surface area contributed by atoms with Gasteiger partial charge in [0.25, 0.3) is 5.91 Å². The third-order valence-corrected chi connectivity index (χ3v) is 8.58. The van der Waals surface area contributed by atoms with Gasteiger partial charge in [0, 0.05) is 43.9 Å². The molecule has 3 heterocycles. The smallest absolute Gasteiger partial charge is 0.254 e. The fraction of sp³-hybridized carbons (Fsp3) is 0.429. The van der Waals surface area contributed by atoms with Gasteiger partial charge in [0.1, 0.15) is 5.82 Å². The summed E-state index contributed by atoms with van der Waals surface area (Å²) in [7, 11) is 0. The summed E-state index contributed by atoms with van der Waals surface area (Å²) in [5, 5.41) is 11.8. The van der Waals surface area contributed by atoms with E-state index in [1.807, 2.05) is 23.1 Å². The zero-order chi connectivity index (χ0) is 25.2. The summed E-state index contributed by atoms with van der Waals surface area (Å²) in [5.74, 6) is 0.153. The molecule has 5 rings (SSSR count). The summed E-state index contributed by atoms with van der Waals surface area (Å²) in [4.78, 5) is 21.9. The van der Waals surface area contributed by atoms with Crippen molar-refractivity contribution >= 4 is 40.0 Å². The van der Waals surface area contributed by atoms with E-state index in [-0.39, 0.29) is 24.2 Å². The molecular formula is C28H30Cl2FN3O2. The Labute approximate surface area is 220 Å². The average molecular weight is 530 g/mol. The third-order valence-electron chi connectivity index (χ3n) is 7.84. The molecule has 2 saturated heterocycles. The number of aromatic nitrogens is 1. The Bertz CT molecular complexity index is 1250. The molecule has 0 aliphatic carbocycles. The first kappa shape index (κ1) is 25.4. The zero-order valence-corrected chi connectivity index (χ0v) is 21.6. The van der Waals surface area contributed by atoms with E-state index in [4.69, 9.17) is 23.2 Å². The maximum atomic E-state index is 13.8. The molecule has 36 heavy (non-hydrogen) atoms. The molecule has 3 aromatic rings. The van der Waals surface area contributed by atoms with Crippen LogP contribution in [0.3, 0.4) is 0 Å². The average Bonchev–Trinajstić information content (AvgIpc) is 2.90. The van der Waals surface area contributed by atoms with Crippen molar-refractivity contribution in [1.29, 1.82) is 0 Å². The van der Waals surface area contributed by atoms with Crippen molar-refractivity contribution in [2.75, 3.05) is 32.8 Å². The predicted molar refractivity (Wildman–Crippen MR) is 141 cm³/mol. The lowest BCUT2D eigenvalue weighted by molar-refractivity contribution is 0.0242. The molecule has 0 saturated carbocycles. The summed E-state index contributed by atoms with van der Waals surface area (Å²) in [5.41, 5.74) is 2.27. The number of aliphatic hydroxyl groups excluding tert-OH is 1. The molecule has 5 nitrogen and oxygen atoms in total. The van der Waals surface area contributed by atoms with Crippen molar-refractivity contribution < 1.29 is 14.3 Å². The largest absolute Gasteiger partial charge is 0.396 e. The Morgan fingerprint density at radius 2 is 1.81 bits per heavy atom. The molecule has 0 bridgehead atoms. The van der Waals surface area contributed by atoms with Crippen LogP contribution in [0.1, 0.15) is 35.2 Å². The number of rotatable bonds is 5. The summed E-state index contributed by atoms with van der Waals surface area (Å²) in [6.45, 7) is 3.32. The number of piperidine rings is 2. The normalized spacial score (nSPS) is 21.7. The van der Waals surface area contributed by atoms with Crippen molar-refractivity contribution in [3.63, 3.8) is 0 Å². The van der Waals surface area contributed by atoms with E-state index >= 15 is 0 Å². The highest BCUT2D eigenvalue weighted by Crippen LogP contribution is 2.32. The van der Waals surface area contributed by atoms with Crippen LogP contribution in [0.5, 0.6) is 0 Å². The Morgan fingerprint density at radius 1 is 1.00 bits per heavy atom. The van der Waals surface area contributed by atoms with Crippen LogP contribution in [-0.2, 0) is 6.42 Å². The number of likely N-dealkylation sites (tertiary alicyclic amines) is 2. The highest BCUT2D eigenvalue weighted by atomic mass is 35.5. The van der Waals surface area contributed by atoms with E-state index in [0.717, 1.165) is 44.3 Å². The van der Waals surface area contributed by atoms with Gasteiger partial charge in [0.2, 0.25) is 0 Å². The van der Waals surface area contributed by atoms with Crippen LogP contribution >= 0.6 is 23.2 Å². The Morgan fingerprint density at radius 3 is 2.56 bits per heavy atom. The minimum atomic E-state index is -0.371. The molecule has 2 aliphatic rings. The van der Waals surface area contributed by atoms with E-state index in [1.165, 1.54) is 12.1 Å². The van der Waals surface area contributed by atoms with Gasteiger partial charge in [-0.1, -0.05) is 29.3 Å². The maximum absolute atomic E-state index is 13.8. The van der Waals surface area contributed by atoms with Crippen LogP contribution in [-0.4, -0.2) is 64.6 Å². The summed E-state index contributed by atoms with van der Waals surface area (Å²) in [6, 6.07) is 12.2. The molecule has 1 amide bonds. The standard InChI is InChI=1S/C28H30Cl2FN3O2/c29-25-3-1-18(14-26(25)30)13-19-6-10-34(16-20(19)17-35)22-7-11-33(12-8-22)28(36)23-5-9-32-27-4-2-21(31)15-24(23)27/h1-5,9,14-15,19-20,22,35H,6-8,10-13,16-17H2/t19?,20-/m0/s1. The second-order valence-corrected chi connectivity index (χ2v) is 10.8. The molecule has 2 fully saturated rings. The van der Waals surface area contributed by atoms with Crippen molar-refractivity contribution in [2.24, 2.45) is 11.8 Å². The van der Waals surface area contributed by atoms with E-state index in [9.17, 15) is 14.3 Å². The van der Waals surface area contributed by atoms with Crippen molar-refractivity contribution in [3.8, 4) is 0 Å². The molecule has 8 heteroatoms. The van der Waals surface area contributed by atoms with Crippen LogP contribution in [0.25, 0.3) is 10.9 Å². The van der Waals surface area contributed by atoms with Crippen LogP contribution in [0.15, 0.2) is 48.7 Å². The maximum Gasteiger partial charge on any atom is 0.254 e. The molecule has 2 aliphatic heterocycles. The lowest BCUT2D eigenvalue weighted by atomic mass is 9.80. The Balaban J connectivity index is 1.19. The topological polar surface area (TPSA) is 56.7 Å². The van der Waals surface area contributed by atoms with Crippen molar-refractivity contribution in [1.82, 2.24) is 14.8 Å². The molecule has 0 spiro atoms. The first-order chi connectivity index (χ1) is 17.4. The second kappa shape index (κ2) is 11.0. The number of hydrogen-bond acceptors (Lipinski definition) is 4. The molecule has 2 atom stereocenters. The molecular weight excluding hydrogens is 500 g/mol. The van der Waals surface area contributed by atoms with Gasteiger partial charge in [-0.05, 0) is 86.0 Å². The van der Waals surface area contributed by atoms with Gasteiger partial charge in [-0.15, -0.1) is 0 Å². The van der Waals surface area contributed by atoms with E-state index in [2.05, 4.69) is 9.88 Å². The predicted octanol–water partition coefficient (Wildman–Crippen LogP) is 5.46. The Hall–Kier alpha value is -2.25. The third kappa shape index (κ3) is 5.37. The molecule has 1 unspecified atom stereocenters. The van der Waals surface area contributed by atoms with Gasteiger partial charge >= 0.3 is 0 Å². The molecule has 1 N–H and O–H groups in total. The number of fused-ring (bicyclic) bond motifs is 1. The van der Waals surface area contributed by atoms with Crippen LogP contribution < -0.4 is 0 Å². The number of hydrogen-bond donors (Lipinski definition) is 1. The monoisotopic (exact) mass is 529 g/mol. The first-order valence-corrected chi connectivity index (χ1v) is 13.3. The van der Waals surface area contributed by atoms with Gasteiger partial charge < -0.3 is 10.0 Å². The zero-order valence-electron chi connectivity index (χ0n) is 20.0.